The van der Waals surface area contributed by atoms with Crippen LogP contribution in [0, 0.1) is 5.82 Å². The Bertz CT molecular complexity index is 1210. The second-order valence-electron chi connectivity index (χ2n) is 7.22. The van der Waals surface area contributed by atoms with Crippen LogP contribution in [-0.4, -0.2) is 29.1 Å². The molecule has 1 heterocycles. The summed E-state index contributed by atoms with van der Waals surface area (Å²) in [4.78, 5) is 19.7. The van der Waals surface area contributed by atoms with E-state index in [2.05, 4.69) is 32.5 Å². The van der Waals surface area contributed by atoms with Gasteiger partial charge in [0.15, 0.2) is 11.6 Å². The van der Waals surface area contributed by atoms with Gasteiger partial charge in [-0.1, -0.05) is 24.8 Å². The van der Waals surface area contributed by atoms with Crippen molar-refractivity contribution in [2.45, 2.75) is 20.0 Å². The highest BCUT2D eigenvalue weighted by molar-refractivity contribution is 7.53. The smallest absolute Gasteiger partial charge is 0.335 e. The molecule has 0 fully saturated rings. The zero-order chi connectivity index (χ0) is 25.3. The molecule has 1 aromatic heterocycles. The minimum Gasteiger partial charge on any atom is -0.338 e. The van der Waals surface area contributed by atoms with Crippen LogP contribution in [0.2, 0.25) is 0 Å². The number of anilines is 5. The van der Waals surface area contributed by atoms with Crippen molar-refractivity contribution in [3.05, 3.63) is 78.8 Å². The van der Waals surface area contributed by atoms with Crippen LogP contribution in [0.15, 0.2) is 67.4 Å². The van der Waals surface area contributed by atoms with Gasteiger partial charge in [-0.25, -0.2) is 9.37 Å². The largest absolute Gasteiger partial charge is 0.338 e. The lowest BCUT2D eigenvalue weighted by Crippen LogP contribution is -2.07. The molecule has 11 heteroatoms. The summed E-state index contributed by atoms with van der Waals surface area (Å²) in [5.41, 5.74) is 2.48. The Balaban J connectivity index is 1.70. The average Bonchev–Trinajstić information content (AvgIpc) is 2.83. The molecule has 0 bridgehead atoms. The zero-order valence-corrected chi connectivity index (χ0v) is 20.3. The summed E-state index contributed by atoms with van der Waals surface area (Å²) in [5.74, 6) is -0.867. The van der Waals surface area contributed by atoms with Crippen LogP contribution in [0.25, 0.3) is 0 Å². The van der Waals surface area contributed by atoms with Crippen molar-refractivity contribution in [2.75, 3.05) is 29.2 Å². The summed E-state index contributed by atoms with van der Waals surface area (Å²) in [6.07, 6.45) is 2.36. The molecule has 0 aliphatic rings. The summed E-state index contributed by atoms with van der Waals surface area (Å²) < 4.78 is 37.7. The second kappa shape index (κ2) is 12.2. The zero-order valence-electron chi connectivity index (χ0n) is 19.5. The summed E-state index contributed by atoms with van der Waals surface area (Å²) >= 11 is 0. The molecule has 0 spiro atoms. The van der Waals surface area contributed by atoms with Gasteiger partial charge in [-0.3, -0.25) is 9.36 Å². The van der Waals surface area contributed by atoms with Gasteiger partial charge in [0, 0.05) is 17.1 Å². The molecule has 0 aliphatic carbocycles. The predicted molar refractivity (Wildman–Crippen MR) is 135 cm³/mol. The Morgan fingerprint density at radius 1 is 1.06 bits per heavy atom. The number of nitrogens with one attached hydrogen (secondary N) is 3. The van der Waals surface area contributed by atoms with E-state index in [0.717, 1.165) is 17.8 Å². The number of hydrogen-bond donors (Lipinski definition) is 3. The van der Waals surface area contributed by atoms with Crippen LogP contribution in [0.3, 0.4) is 0 Å². The van der Waals surface area contributed by atoms with Gasteiger partial charge >= 0.3 is 7.60 Å². The average molecular weight is 499 g/mol. The highest BCUT2D eigenvalue weighted by Crippen LogP contribution is 2.51. The molecule has 3 rings (SSSR count). The van der Waals surface area contributed by atoms with E-state index in [9.17, 15) is 13.8 Å². The fourth-order valence-corrected chi connectivity index (χ4v) is 4.79. The van der Waals surface area contributed by atoms with Gasteiger partial charge in [0.05, 0.1) is 25.6 Å². The van der Waals surface area contributed by atoms with E-state index in [-0.39, 0.29) is 23.8 Å². The molecule has 0 radical (unpaired) electrons. The number of nitrogens with zero attached hydrogens (tertiary/aromatic N) is 2. The van der Waals surface area contributed by atoms with E-state index in [1.807, 2.05) is 0 Å². The summed E-state index contributed by atoms with van der Waals surface area (Å²) in [6, 6.07) is 13.9. The normalized spacial score (nSPS) is 11.1. The summed E-state index contributed by atoms with van der Waals surface area (Å²) in [5, 5.41) is 8.54. The van der Waals surface area contributed by atoms with E-state index in [1.54, 1.807) is 62.4 Å². The predicted octanol–water partition coefficient (Wildman–Crippen LogP) is 5.99. The van der Waals surface area contributed by atoms with Crippen LogP contribution in [0.5, 0.6) is 0 Å². The molecule has 35 heavy (non-hydrogen) atoms. The number of carbonyl (C=O) groups excluding carboxylic acids is 1. The maximum absolute atomic E-state index is 14.3. The van der Waals surface area contributed by atoms with Crippen molar-refractivity contribution >= 4 is 42.3 Å². The monoisotopic (exact) mass is 499 g/mol. The van der Waals surface area contributed by atoms with Crippen LogP contribution >= 0.6 is 7.60 Å². The highest BCUT2D eigenvalue weighted by atomic mass is 31.2. The first-order valence-corrected chi connectivity index (χ1v) is 12.6. The Morgan fingerprint density at radius 3 is 2.40 bits per heavy atom. The van der Waals surface area contributed by atoms with Gasteiger partial charge in [0.2, 0.25) is 11.9 Å². The third-order valence-corrected chi connectivity index (χ3v) is 6.62. The number of aromatic nitrogens is 2. The summed E-state index contributed by atoms with van der Waals surface area (Å²) in [6.45, 7) is 7.53. The van der Waals surface area contributed by atoms with E-state index in [4.69, 9.17) is 9.05 Å². The van der Waals surface area contributed by atoms with E-state index >= 15 is 0 Å². The van der Waals surface area contributed by atoms with Gasteiger partial charge in [-0.2, -0.15) is 4.98 Å². The van der Waals surface area contributed by atoms with Gasteiger partial charge in [-0.15, -0.1) is 0 Å². The van der Waals surface area contributed by atoms with E-state index in [1.165, 1.54) is 0 Å². The molecule has 0 atom stereocenters. The van der Waals surface area contributed by atoms with Gasteiger partial charge in [0.25, 0.3) is 0 Å². The third-order valence-electron chi connectivity index (χ3n) is 4.56. The van der Waals surface area contributed by atoms with Crippen molar-refractivity contribution in [3.63, 3.8) is 0 Å². The minimum atomic E-state index is -3.20. The topological polar surface area (TPSA) is 114 Å². The number of carbonyl (C=O) groups is 1. The van der Waals surface area contributed by atoms with Crippen molar-refractivity contribution in [3.8, 4) is 0 Å². The molecular weight excluding hydrogens is 472 g/mol. The van der Waals surface area contributed by atoms with E-state index < -0.39 is 13.4 Å². The Labute approximate surface area is 203 Å². The van der Waals surface area contributed by atoms with Crippen LogP contribution in [0.1, 0.15) is 19.4 Å². The molecule has 0 saturated carbocycles. The van der Waals surface area contributed by atoms with Crippen LogP contribution < -0.4 is 16.0 Å². The minimum absolute atomic E-state index is 0.0410. The van der Waals surface area contributed by atoms with E-state index in [0.29, 0.717) is 30.3 Å². The number of amides is 1. The van der Waals surface area contributed by atoms with Crippen molar-refractivity contribution in [1.29, 1.82) is 0 Å². The fraction of sp³-hybridized carbons (Fsp3) is 0.208. The molecule has 9 nitrogen and oxygen atoms in total. The number of rotatable bonds is 12. The molecule has 0 unspecified atom stereocenters. The Hall–Kier alpha value is -3.59. The maximum Gasteiger partial charge on any atom is 0.335 e. The van der Waals surface area contributed by atoms with Gasteiger partial charge in [0.1, 0.15) is 0 Å². The highest BCUT2D eigenvalue weighted by Gasteiger charge is 2.23. The number of hydrogen-bond acceptors (Lipinski definition) is 8. The first kappa shape index (κ1) is 26.0. The van der Waals surface area contributed by atoms with Crippen molar-refractivity contribution in [1.82, 2.24) is 9.97 Å². The molecular formula is C24H27FN5O4P. The van der Waals surface area contributed by atoms with Crippen molar-refractivity contribution < 1.29 is 22.8 Å². The molecule has 184 valence electrons. The lowest BCUT2D eigenvalue weighted by atomic mass is 10.2. The van der Waals surface area contributed by atoms with Gasteiger partial charge in [-0.05, 0) is 55.8 Å². The second-order valence-corrected chi connectivity index (χ2v) is 9.27. The maximum atomic E-state index is 14.3. The standard InChI is InChI=1S/C24H27FN5O4P/c1-4-22(31)27-19-8-7-9-20(14-19)28-23-21(25)15-26-24(30-23)29-18-12-10-17(11-13-18)16-35(32,33-5-2)34-6-3/h4,7-15H,1,5-6,16H2,2-3H3,(H,27,31)(H2,26,28,29,30). The Morgan fingerprint density at radius 2 is 1.74 bits per heavy atom. The molecule has 2 aromatic carbocycles. The molecule has 3 aromatic rings. The summed E-state index contributed by atoms with van der Waals surface area (Å²) in [7, 11) is -3.20. The third kappa shape index (κ3) is 7.71. The van der Waals surface area contributed by atoms with Crippen LogP contribution in [0.4, 0.5) is 33.2 Å². The number of benzene rings is 2. The first-order valence-electron chi connectivity index (χ1n) is 10.9. The lowest BCUT2D eigenvalue weighted by molar-refractivity contribution is -0.111. The quantitative estimate of drug-likeness (QED) is 0.206. The molecule has 3 N–H and O–H groups in total. The Kier molecular flexibility index (Phi) is 9.08. The molecule has 0 saturated heterocycles. The first-order chi connectivity index (χ1) is 16.8. The van der Waals surface area contributed by atoms with Crippen molar-refractivity contribution in [2.24, 2.45) is 0 Å². The molecule has 1 amide bonds. The fourth-order valence-electron chi connectivity index (χ4n) is 3.09. The van der Waals surface area contributed by atoms with Gasteiger partial charge < -0.3 is 25.0 Å². The molecule has 0 aliphatic heterocycles. The lowest BCUT2D eigenvalue weighted by Gasteiger charge is -2.17. The van der Waals surface area contributed by atoms with Crippen LogP contribution in [-0.2, 0) is 24.6 Å². The number of halogens is 1. The SMILES string of the molecule is C=CC(=O)Nc1cccc(Nc2nc(Nc3ccc(CP(=O)(OCC)OCC)cc3)ncc2F)c1.